The van der Waals surface area contributed by atoms with E-state index in [2.05, 4.69) is 4.90 Å². The lowest BCUT2D eigenvalue weighted by molar-refractivity contribution is -0.144. The van der Waals surface area contributed by atoms with Gasteiger partial charge in [-0.15, -0.1) is 0 Å². The molecule has 0 amide bonds. The summed E-state index contributed by atoms with van der Waals surface area (Å²) in [6, 6.07) is 0. The molecule has 6 N–H and O–H groups in total. The molecule has 0 spiro atoms. The Bertz CT molecular complexity index is 332. The van der Waals surface area contributed by atoms with Crippen molar-refractivity contribution in [2.24, 2.45) is 11.7 Å². The van der Waals surface area contributed by atoms with Crippen LogP contribution in [0.3, 0.4) is 0 Å². The highest BCUT2D eigenvalue weighted by Gasteiger charge is 2.34. The fourth-order valence-corrected chi connectivity index (χ4v) is 2.73. The Morgan fingerprint density at radius 1 is 1.33 bits per heavy atom. The molecule has 1 heterocycles. The summed E-state index contributed by atoms with van der Waals surface area (Å²) in [4.78, 5) is 13.5. The molecule has 1 aliphatic rings. The number of likely N-dealkylation sites (tertiary alicyclic amines) is 1. The highest BCUT2D eigenvalue weighted by molar-refractivity contribution is 6.40. The second-order valence-corrected chi connectivity index (χ2v) is 6.08. The van der Waals surface area contributed by atoms with Gasteiger partial charge < -0.3 is 30.9 Å². The maximum absolute atomic E-state index is 11.4. The predicted octanol–water partition coefficient (Wildman–Crippen LogP) is -0.884. The number of carboxylic acid groups (broad SMARTS) is 1. The van der Waals surface area contributed by atoms with Crippen molar-refractivity contribution < 1.29 is 25.1 Å². The molecule has 0 aromatic heterocycles. The summed E-state index contributed by atoms with van der Waals surface area (Å²) in [5.41, 5.74) is 4.74. The number of nitrogens with zero attached hydrogens (tertiary/aromatic N) is 1. The number of aliphatic carboxylic acids is 1. The van der Waals surface area contributed by atoms with E-state index in [-0.39, 0.29) is 18.8 Å². The zero-order valence-corrected chi connectivity index (χ0v) is 12.4. The molecule has 0 radical (unpaired) electrons. The molecule has 1 saturated heterocycles. The van der Waals surface area contributed by atoms with E-state index in [0.29, 0.717) is 32.2 Å². The van der Waals surface area contributed by atoms with Gasteiger partial charge in [0.2, 0.25) is 0 Å². The van der Waals surface area contributed by atoms with Crippen molar-refractivity contribution in [1.82, 2.24) is 4.90 Å². The molecular weight excluding hydrogens is 275 g/mol. The molecule has 8 heteroatoms. The molecule has 1 fully saturated rings. The van der Waals surface area contributed by atoms with Crippen LogP contribution in [0.5, 0.6) is 0 Å². The van der Waals surface area contributed by atoms with Gasteiger partial charge in [0.15, 0.2) is 0 Å². The van der Waals surface area contributed by atoms with Crippen molar-refractivity contribution in [3.05, 3.63) is 0 Å². The monoisotopic (exact) mass is 302 g/mol. The Labute approximate surface area is 125 Å². The zero-order valence-electron chi connectivity index (χ0n) is 12.4. The van der Waals surface area contributed by atoms with Crippen LogP contribution in [0.25, 0.3) is 0 Å². The second-order valence-electron chi connectivity index (χ2n) is 6.08. The molecule has 1 rings (SSSR count). The Morgan fingerprint density at radius 2 is 2.05 bits per heavy atom. The first kappa shape index (κ1) is 18.4. The minimum absolute atomic E-state index is 0.173. The minimum atomic E-state index is -1.35. The van der Waals surface area contributed by atoms with Gasteiger partial charge in [-0.3, -0.25) is 4.79 Å². The molecule has 7 nitrogen and oxygen atoms in total. The van der Waals surface area contributed by atoms with Crippen LogP contribution >= 0.6 is 0 Å². The molecule has 0 unspecified atom stereocenters. The van der Waals surface area contributed by atoms with Crippen molar-refractivity contribution in [2.75, 3.05) is 26.2 Å². The molecule has 21 heavy (non-hydrogen) atoms. The van der Waals surface area contributed by atoms with E-state index in [1.807, 2.05) is 0 Å². The van der Waals surface area contributed by atoms with Crippen molar-refractivity contribution >= 4 is 13.1 Å². The number of carbonyl (C=O) groups is 1. The summed E-state index contributed by atoms with van der Waals surface area (Å²) >= 11 is 0. The standard InChI is InChI=1S/C13H27BN2O5/c15-13(12(18)19,4-1-2-6-14(20)21)5-8-16-7-3-11(9-16)10-17/h11,17,20-21H,1-10,15H2,(H,18,19)/t11-,13-/m1/s1. The van der Waals surface area contributed by atoms with Crippen molar-refractivity contribution in [1.29, 1.82) is 0 Å². The number of rotatable bonds is 10. The van der Waals surface area contributed by atoms with Gasteiger partial charge in [-0.1, -0.05) is 12.8 Å². The summed E-state index contributed by atoms with van der Waals surface area (Å²) in [7, 11) is -1.35. The van der Waals surface area contributed by atoms with Gasteiger partial charge in [0.05, 0.1) is 0 Å². The van der Waals surface area contributed by atoms with E-state index in [4.69, 9.17) is 20.9 Å². The quantitative estimate of drug-likeness (QED) is 0.262. The highest BCUT2D eigenvalue weighted by atomic mass is 16.4. The summed E-state index contributed by atoms with van der Waals surface area (Å²) in [5, 5.41) is 36.0. The smallest absolute Gasteiger partial charge is 0.451 e. The number of hydrogen-bond acceptors (Lipinski definition) is 6. The number of carboxylic acids is 1. The lowest BCUT2D eigenvalue weighted by Gasteiger charge is -2.27. The summed E-state index contributed by atoms with van der Waals surface area (Å²) in [6.07, 6.45) is 2.96. The minimum Gasteiger partial charge on any atom is -0.480 e. The molecule has 0 saturated carbocycles. The Morgan fingerprint density at radius 3 is 2.57 bits per heavy atom. The fourth-order valence-electron chi connectivity index (χ4n) is 2.73. The third-order valence-corrected chi connectivity index (χ3v) is 4.26. The molecule has 0 aromatic rings. The molecule has 2 atom stereocenters. The Balaban J connectivity index is 2.36. The molecule has 0 aliphatic carbocycles. The average Bonchev–Trinajstić information content (AvgIpc) is 2.89. The maximum atomic E-state index is 11.4. The van der Waals surface area contributed by atoms with Crippen LogP contribution < -0.4 is 5.73 Å². The normalized spacial score (nSPS) is 22.2. The highest BCUT2D eigenvalue weighted by Crippen LogP contribution is 2.21. The SMILES string of the molecule is N[C@](CCCCB(O)O)(CCN1CC[C@@H](CO)C1)C(=O)O. The first-order chi connectivity index (χ1) is 9.87. The maximum Gasteiger partial charge on any atom is 0.451 e. The van der Waals surface area contributed by atoms with E-state index in [1.165, 1.54) is 0 Å². The largest absolute Gasteiger partial charge is 0.480 e. The van der Waals surface area contributed by atoms with E-state index in [0.717, 1.165) is 19.5 Å². The zero-order chi connectivity index (χ0) is 15.9. The first-order valence-electron chi connectivity index (χ1n) is 7.59. The van der Waals surface area contributed by atoms with Crippen LogP contribution in [0.4, 0.5) is 0 Å². The van der Waals surface area contributed by atoms with Crippen LogP contribution in [0.2, 0.25) is 6.32 Å². The van der Waals surface area contributed by atoms with Crippen LogP contribution in [-0.4, -0.2) is 70.0 Å². The lowest BCUT2D eigenvalue weighted by atomic mass is 9.81. The molecule has 0 aromatic carbocycles. The number of unbranched alkanes of at least 4 members (excludes halogenated alkanes) is 1. The van der Waals surface area contributed by atoms with Gasteiger partial charge in [0.1, 0.15) is 5.54 Å². The Kier molecular flexibility index (Phi) is 7.62. The second kappa shape index (κ2) is 8.70. The summed E-state index contributed by atoms with van der Waals surface area (Å²) in [5.74, 6) is -0.724. The third-order valence-electron chi connectivity index (χ3n) is 4.26. The molecule has 1 aliphatic heterocycles. The number of nitrogens with two attached hydrogens (primary N) is 1. The topological polar surface area (TPSA) is 127 Å². The van der Waals surface area contributed by atoms with Crippen LogP contribution in [0.15, 0.2) is 0 Å². The number of hydrogen-bond donors (Lipinski definition) is 5. The predicted molar refractivity (Wildman–Crippen MR) is 79.7 cm³/mol. The van der Waals surface area contributed by atoms with Gasteiger partial charge in [-0.05, 0) is 38.0 Å². The lowest BCUT2D eigenvalue weighted by Crippen LogP contribution is -2.50. The molecular formula is C13H27BN2O5. The van der Waals surface area contributed by atoms with Gasteiger partial charge >= 0.3 is 13.1 Å². The van der Waals surface area contributed by atoms with Gasteiger partial charge in [-0.25, -0.2) is 0 Å². The van der Waals surface area contributed by atoms with Crippen molar-refractivity contribution in [3.8, 4) is 0 Å². The Hall–Kier alpha value is -0.665. The third kappa shape index (κ3) is 6.31. The summed E-state index contributed by atoms with van der Waals surface area (Å²) < 4.78 is 0. The number of aliphatic hydroxyl groups excluding tert-OH is 1. The van der Waals surface area contributed by atoms with E-state index < -0.39 is 18.6 Å². The number of aliphatic hydroxyl groups is 1. The van der Waals surface area contributed by atoms with Crippen LogP contribution in [0, 0.1) is 5.92 Å². The van der Waals surface area contributed by atoms with E-state index in [1.54, 1.807) is 0 Å². The van der Waals surface area contributed by atoms with Crippen LogP contribution in [0.1, 0.15) is 32.1 Å². The molecule has 122 valence electrons. The van der Waals surface area contributed by atoms with Crippen LogP contribution in [-0.2, 0) is 4.79 Å². The van der Waals surface area contributed by atoms with E-state index in [9.17, 15) is 9.90 Å². The molecule has 0 bridgehead atoms. The van der Waals surface area contributed by atoms with Gasteiger partial charge in [0, 0.05) is 19.7 Å². The fraction of sp³-hybridized carbons (Fsp3) is 0.923. The van der Waals surface area contributed by atoms with Crippen molar-refractivity contribution in [3.63, 3.8) is 0 Å². The van der Waals surface area contributed by atoms with E-state index >= 15 is 0 Å². The van der Waals surface area contributed by atoms with Gasteiger partial charge in [-0.2, -0.15) is 0 Å². The van der Waals surface area contributed by atoms with Crippen molar-refractivity contribution in [2.45, 2.75) is 44.0 Å². The first-order valence-corrected chi connectivity index (χ1v) is 7.59. The average molecular weight is 302 g/mol. The summed E-state index contributed by atoms with van der Waals surface area (Å²) in [6.45, 7) is 2.45. The van der Waals surface area contributed by atoms with Gasteiger partial charge in [0.25, 0.3) is 0 Å².